The van der Waals surface area contributed by atoms with Gasteiger partial charge in [-0.3, -0.25) is 9.59 Å². The summed E-state index contributed by atoms with van der Waals surface area (Å²) in [5.41, 5.74) is -0.639. The molecule has 0 unspecified atom stereocenters. The van der Waals surface area contributed by atoms with Gasteiger partial charge in [0, 0.05) is 13.2 Å². The van der Waals surface area contributed by atoms with E-state index in [4.69, 9.17) is 14.2 Å². The average molecular weight is 309 g/mol. The second-order valence-electron chi connectivity index (χ2n) is 6.46. The zero-order chi connectivity index (χ0) is 15.9. The van der Waals surface area contributed by atoms with E-state index in [0.29, 0.717) is 19.7 Å². The van der Waals surface area contributed by atoms with Crippen molar-refractivity contribution in [3.05, 3.63) is 12.2 Å². The Kier molecular flexibility index (Phi) is 3.99. The minimum absolute atomic E-state index is 0.00760. The minimum atomic E-state index is -0.639. The van der Waals surface area contributed by atoms with E-state index in [1.165, 1.54) is 7.11 Å². The van der Waals surface area contributed by atoms with Crippen molar-refractivity contribution in [2.45, 2.75) is 38.1 Å². The highest BCUT2D eigenvalue weighted by Crippen LogP contribution is 2.52. The molecule has 2 bridgehead atoms. The molecule has 4 atom stereocenters. The van der Waals surface area contributed by atoms with Gasteiger partial charge in [-0.2, -0.15) is 0 Å². The number of esters is 1. The molecule has 0 aromatic rings. The first kappa shape index (κ1) is 15.5. The van der Waals surface area contributed by atoms with Crippen molar-refractivity contribution in [3.8, 4) is 0 Å². The third-order valence-corrected chi connectivity index (χ3v) is 4.68. The van der Waals surface area contributed by atoms with Crippen LogP contribution in [0.5, 0.6) is 0 Å². The molecular formula is C16H23NO5. The summed E-state index contributed by atoms with van der Waals surface area (Å²) in [5, 5.41) is 0. The Morgan fingerprint density at radius 3 is 3.00 bits per heavy atom. The number of ether oxygens (including phenoxy) is 3. The molecule has 0 aromatic heterocycles. The first-order valence-electron chi connectivity index (χ1n) is 7.84. The second-order valence-corrected chi connectivity index (χ2v) is 6.46. The molecule has 6 nitrogen and oxygen atoms in total. The summed E-state index contributed by atoms with van der Waals surface area (Å²) in [6.07, 6.45) is 4.48. The van der Waals surface area contributed by atoms with E-state index in [9.17, 15) is 9.59 Å². The van der Waals surface area contributed by atoms with E-state index in [1.807, 2.05) is 26.0 Å². The van der Waals surface area contributed by atoms with Gasteiger partial charge in [-0.15, -0.1) is 0 Å². The Morgan fingerprint density at radius 1 is 1.55 bits per heavy atom. The number of amides is 1. The van der Waals surface area contributed by atoms with E-state index in [-0.39, 0.29) is 24.1 Å². The van der Waals surface area contributed by atoms with E-state index >= 15 is 0 Å². The van der Waals surface area contributed by atoms with Crippen LogP contribution in [0.2, 0.25) is 0 Å². The van der Waals surface area contributed by atoms with Crippen molar-refractivity contribution in [2.75, 3.05) is 26.8 Å². The molecule has 6 heteroatoms. The standard InChI is InChI=1S/C16H23NO5/c1-10(2)21-8-4-7-17-9-16-6-5-11(22-16)12(15(19)20-3)13(16)14(17)18/h5-6,10-13H,4,7-9H2,1-3H3/t11-,12+,13-,16+/m1/s1. The molecule has 3 aliphatic heterocycles. The van der Waals surface area contributed by atoms with Gasteiger partial charge in [0.2, 0.25) is 5.91 Å². The lowest BCUT2D eigenvalue weighted by Gasteiger charge is -2.22. The lowest BCUT2D eigenvalue weighted by molar-refractivity contribution is -0.151. The molecule has 22 heavy (non-hydrogen) atoms. The van der Waals surface area contributed by atoms with Crippen LogP contribution in [0, 0.1) is 11.8 Å². The fraction of sp³-hybridized carbons (Fsp3) is 0.750. The Bertz CT molecular complexity index is 503. The Hall–Kier alpha value is -1.40. The second kappa shape index (κ2) is 5.66. The van der Waals surface area contributed by atoms with Crippen LogP contribution in [0.3, 0.4) is 0 Å². The van der Waals surface area contributed by atoms with Crippen molar-refractivity contribution in [3.63, 3.8) is 0 Å². The maximum Gasteiger partial charge on any atom is 0.312 e. The molecule has 3 heterocycles. The monoisotopic (exact) mass is 309 g/mol. The quantitative estimate of drug-likeness (QED) is 0.412. The molecule has 3 aliphatic rings. The van der Waals surface area contributed by atoms with Crippen LogP contribution >= 0.6 is 0 Å². The van der Waals surface area contributed by atoms with Gasteiger partial charge >= 0.3 is 5.97 Å². The summed E-state index contributed by atoms with van der Waals surface area (Å²) in [6.45, 7) is 5.74. The van der Waals surface area contributed by atoms with E-state index < -0.39 is 17.4 Å². The average Bonchev–Trinajstić information content (AvgIpc) is 3.11. The van der Waals surface area contributed by atoms with Gasteiger partial charge in [0.1, 0.15) is 11.5 Å². The van der Waals surface area contributed by atoms with Gasteiger partial charge in [0.15, 0.2) is 0 Å². The summed E-state index contributed by atoms with van der Waals surface area (Å²) >= 11 is 0. The fourth-order valence-corrected chi connectivity index (χ4v) is 3.75. The summed E-state index contributed by atoms with van der Waals surface area (Å²) in [5.74, 6) is -1.33. The molecule has 1 amide bonds. The number of rotatable bonds is 6. The van der Waals surface area contributed by atoms with Crippen molar-refractivity contribution in [1.29, 1.82) is 0 Å². The lowest BCUT2D eigenvalue weighted by atomic mass is 9.77. The molecule has 0 radical (unpaired) electrons. The number of hydrogen-bond acceptors (Lipinski definition) is 5. The maximum atomic E-state index is 12.7. The Morgan fingerprint density at radius 2 is 2.32 bits per heavy atom. The van der Waals surface area contributed by atoms with Crippen LogP contribution in [0.25, 0.3) is 0 Å². The van der Waals surface area contributed by atoms with E-state index in [1.54, 1.807) is 4.90 Å². The SMILES string of the molecule is COC(=O)[C@H]1[C@H]2C=C[C@@]3(CN(CCCOC(C)C)C(=O)[C@@H]13)O2. The summed E-state index contributed by atoms with van der Waals surface area (Å²) < 4.78 is 16.3. The molecule has 0 aliphatic carbocycles. The zero-order valence-corrected chi connectivity index (χ0v) is 13.3. The third-order valence-electron chi connectivity index (χ3n) is 4.68. The molecule has 0 aromatic carbocycles. The Balaban J connectivity index is 1.66. The predicted molar refractivity (Wildman–Crippen MR) is 78.0 cm³/mol. The lowest BCUT2D eigenvalue weighted by Crippen LogP contribution is -2.39. The summed E-state index contributed by atoms with van der Waals surface area (Å²) in [4.78, 5) is 26.5. The van der Waals surface area contributed by atoms with Crippen molar-refractivity contribution in [1.82, 2.24) is 4.90 Å². The number of likely N-dealkylation sites (tertiary alicyclic amines) is 1. The van der Waals surface area contributed by atoms with Crippen LogP contribution in [0.4, 0.5) is 0 Å². The summed E-state index contributed by atoms with van der Waals surface area (Å²) in [6, 6.07) is 0. The molecule has 122 valence electrons. The largest absolute Gasteiger partial charge is 0.469 e. The van der Waals surface area contributed by atoms with Crippen molar-refractivity contribution in [2.24, 2.45) is 11.8 Å². The normalized spacial score (nSPS) is 35.5. The van der Waals surface area contributed by atoms with Gasteiger partial charge < -0.3 is 19.1 Å². The highest BCUT2D eigenvalue weighted by atomic mass is 16.5. The van der Waals surface area contributed by atoms with Crippen molar-refractivity contribution < 1.29 is 23.8 Å². The Labute approximate surface area is 130 Å². The number of carbonyl (C=O) groups is 2. The van der Waals surface area contributed by atoms with E-state index in [0.717, 1.165) is 6.42 Å². The van der Waals surface area contributed by atoms with Gasteiger partial charge in [0.05, 0.1) is 31.8 Å². The summed E-state index contributed by atoms with van der Waals surface area (Å²) in [7, 11) is 1.35. The topological polar surface area (TPSA) is 65.1 Å². The molecule has 0 N–H and O–H groups in total. The number of nitrogens with zero attached hydrogens (tertiary/aromatic N) is 1. The fourth-order valence-electron chi connectivity index (χ4n) is 3.75. The predicted octanol–water partition coefficient (Wildman–Crippen LogP) is 0.756. The number of hydrogen-bond donors (Lipinski definition) is 0. The van der Waals surface area contributed by atoms with Crippen molar-refractivity contribution >= 4 is 11.9 Å². The van der Waals surface area contributed by atoms with Gasteiger partial charge in [-0.25, -0.2) is 0 Å². The van der Waals surface area contributed by atoms with Crippen LogP contribution in [-0.4, -0.2) is 61.4 Å². The maximum absolute atomic E-state index is 12.7. The van der Waals surface area contributed by atoms with Gasteiger partial charge in [0.25, 0.3) is 0 Å². The molecule has 2 fully saturated rings. The third kappa shape index (κ3) is 2.34. The number of carbonyl (C=O) groups excluding carboxylic acids is 2. The molecule has 1 spiro atoms. The molecule has 3 rings (SSSR count). The smallest absolute Gasteiger partial charge is 0.312 e. The number of fused-ring (bicyclic) bond motifs is 1. The number of methoxy groups -OCH3 is 1. The first-order valence-corrected chi connectivity index (χ1v) is 7.84. The van der Waals surface area contributed by atoms with Crippen LogP contribution < -0.4 is 0 Å². The first-order chi connectivity index (χ1) is 10.5. The van der Waals surface area contributed by atoms with Crippen LogP contribution in [-0.2, 0) is 23.8 Å². The van der Waals surface area contributed by atoms with Gasteiger partial charge in [-0.05, 0) is 20.3 Å². The highest BCUT2D eigenvalue weighted by Gasteiger charge is 2.67. The zero-order valence-electron chi connectivity index (χ0n) is 13.3. The van der Waals surface area contributed by atoms with Crippen LogP contribution in [0.1, 0.15) is 20.3 Å². The van der Waals surface area contributed by atoms with Gasteiger partial charge in [-0.1, -0.05) is 12.2 Å². The molecule has 2 saturated heterocycles. The molecule has 0 saturated carbocycles. The minimum Gasteiger partial charge on any atom is -0.469 e. The van der Waals surface area contributed by atoms with E-state index in [2.05, 4.69) is 0 Å². The molecular weight excluding hydrogens is 286 g/mol. The highest BCUT2D eigenvalue weighted by molar-refractivity contribution is 5.91. The van der Waals surface area contributed by atoms with Crippen LogP contribution in [0.15, 0.2) is 12.2 Å².